The van der Waals surface area contributed by atoms with Crippen molar-refractivity contribution in [2.75, 3.05) is 31.3 Å². The van der Waals surface area contributed by atoms with Crippen molar-refractivity contribution < 1.29 is 9.53 Å². The number of carbonyl (C=O) groups excluding carboxylic acids is 1. The lowest BCUT2D eigenvalue weighted by molar-refractivity contribution is -0.129. The first-order valence-corrected chi connectivity index (χ1v) is 10.1. The number of hydrogen-bond donors (Lipinski definition) is 1. The second kappa shape index (κ2) is 8.53. The Labute approximate surface area is 156 Å². The van der Waals surface area contributed by atoms with Crippen LogP contribution in [-0.4, -0.2) is 47.0 Å². The molecular formula is C17H22N4O2S2. The number of likely N-dealkylation sites (tertiary alicyclic amines) is 1. The van der Waals surface area contributed by atoms with E-state index in [1.165, 1.54) is 23.1 Å². The minimum Gasteiger partial charge on any atom is -0.495 e. The first-order chi connectivity index (χ1) is 12.2. The third-order valence-electron chi connectivity index (χ3n) is 4.21. The molecule has 1 N–H and O–H groups in total. The van der Waals surface area contributed by atoms with Crippen LogP contribution in [0, 0.1) is 5.92 Å². The van der Waals surface area contributed by atoms with Gasteiger partial charge in [0.05, 0.1) is 18.6 Å². The van der Waals surface area contributed by atoms with E-state index in [0.717, 1.165) is 47.6 Å². The summed E-state index contributed by atoms with van der Waals surface area (Å²) in [6.45, 7) is 3.99. The van der Waals surface area contributed by atoms with Crippen LogP contribution in [0.5, 0.6) is 5.75 Å². The third kappa shape index (κ3) is 4.85. The van der Waals surface area contributed by atoms with Crippen molar-refractivity contribution >= 4 is 39.8 Å². The molecule has 134 valence electrons. The van der Waals surface area contributed by atoms with Gasteiger partial charge < -0.3 is 15.0 Å². The number of hydrogen-bond acceptors (Lipinski definition) is 7. The number of carbonyl (C=O) groups is 1. The molecule has 6 nitrogen and oxygen atoms in total. The van der Waals surface area contributed by atoms with Crippen LogP contribution in [-0.2, 0) is 4.79 Å². The van der Waals surface area contributed by atoms with Crippen molar-refractivity contribution in [2.45, 2.75) is 24.1 Å². The van der Waals surface area contributed by atoms with Crippen LogP contribution in [0.25, 0.3) is 0 Å². The third-order valence-corrected chi connectivity index (χ3v) is 6.17. The molecule has 1 aliphatic rings. The zero-order chi connectivity index (χ0) is 17.6. The Hall–Kier alpha value is -1.80. The Balaban J connectivity index is 1.52. The summed E-state index contributed by atoms with van der Waals surface area (Å²) in [7, 11) is 1.63. The number of piperidine rings is 1. The maximum Gasteiger partial charge on any atom is 0.233 e. The molecule has 2 heterocycles. The molecule has 0 atom stereocenters. The van der Waals surface area contributed by atoms with Crippen LogP contribution in [0.2, 0.25) is 0 Å². The number of nitrogens with one attached hydrogen (secondary N) is 1. The zero-order valence-electron chi connectivity index (χ0n) is 14.4. The molecule has 25 heavy (non-hydrogen) atoms. The number of methoxy groups -OCH3 is 1. The van der Waals surface area contributed by atoms with Crippen LogP contribution in [0.1, 0.15) is 19.8 Å². The molecule has 1 saturated heterocycles. The highest BCUT2D eigenvalue weighted by Crippen LogP contribution is 2.31. The van der Waals surface area contributed by atoms with Crippen molar-refractivity contribution in [1.82, 2.24) is 15.1 Å². The molecule has 1 amide bonds. The summed E-state index contributed by atoms with van der Waals surface area (Å²) in [5.74, 6) is 2.08. The smallest absolute Gasteiger partial charge is 0.233 e. The molecular weight excluding hydrogens is 356 g/mol. The lowest BCUT2D eigenvalue weighted by Crippen LogP contribution is -2.38. The molecule has 0 unspecified atom stereocenters. The molecule has 1 aromatic carbocycles. The van der Waals surface area contributed by atoms with Crippen LogP contribution in [0.15, 0.2) is 28.6 Å². The largest absolute Gasteiger partial charge is 0.495 e. The van der Waals surface area contributed by atoms with Crippen LogP contribution in [0.4, 0.5) is 10.8 Å². The van der Waals surface area contributed by atoms with Gasteiger partial charge in [0.1, 0.15) is 5.75 Å². The molecule has 0 saturated carbocycles. The predicted octanol–water partition coefficient (Wildman–Crippen LogP) is 3.64. The first kappa shape index (κ1) is 18.0. The number of aromatic nitrogens is 2. The zero-order valence-corrected chi connectivity index (χ0v) is 16.0. The highest BCUT2D eigenvalue weighted by atomic mass is 32.2. The fraction of sp³-hybridized carbons (Fsp3) is 0.471. The van der Waals surface area contributed by atoms with E-state index >= 15 is 0 Å². The number of anilines is 2. The fourth-order valence-electron chi connectivity index (χ4n) is 2.65. The average Bonchev–Trinajstić information content (AvgIpc) is 3.08. The fourth-order valence-corrected chi connectivity index (χ4v) is 4.32. The number of amides is 1. The van der Waals surface area contributed by atoms with Crippen molar-refractivity contribution in [3.63, 3.8) is 0 Å². The van der Waals surface area contributed by atoms with E-state index in [2.05, 4.69) is 22.4 Å². The number of nitrogens with zero attached hydrogens (tertiary/aromatic N) is 3. The van der Waals surface area contributed by atoms with Crippen LogP contribution >= 0.6 is 23.1 Å². The number of benzene rings is 1. The number of ether oxygens (including phenoxy) is 1. The molecule has 0 radical (unpaired) electrons. The van der Waals surface area contributed by atoms with Crippen LogP contribution < -0.4 is 10.1 Å². The van der Waals surface area contributed by atoms with E-state index in [4.69, 9.17) is 4.74 Å². The minimum absolute atomic E-state index is 0.186. The molecule has 0 bridgehead atoms. The van der Waals surface area contributed by atoms with Crippen molar-refractivity contribution in [3.8, 4) is 5.75 Å². The van der Waals surface area contributed by atoms with E-state index < -0.39 is 0 Å². The van der Waals surface area contributed by atoms with Crippen molar-refractivity contribution in [2.24, 2.45) is 5.92 Å². The molecule has 2 aromatic rings. The molecule has 0 aliphatic carbocycles. The van der Waals surface area contributed by atoms with E-state index in [1.807, 2.05) is 29.2 Å². The molecule has 1 aromatic heterocycles. The van der Waals surface area contributed by atoms with E-state index in [0.29, 0.717) is 10.9 Å². The molecule has 1 fully saturated rings. The monoisotopic (exact) mass is 378 g/mol. The van der Waals surface area contributed by atoms with Gasteiger partial charge in [-0.25, -0.2) is 0 Å². The Bertz CT molecular complexity index is 714. The summed E-state index contributed by atoms with van der Waals surface area (Å²) in [5.41, 5.74) is 0.844. The Morgan fingerprint density at radius 1 is 1.36 bits per heavy atom. The molecule has 8 heteroatoms. The van der Waals surface area contributed by atoms with Gasteiger partial charge in [-0.2, -0.15) is 0 Å². The van der Waals surface area contributed by atoms with Gasteiger partial charge in [-0.05, 0) is 30.9 Å². The highest BCUT2D eigenvalue weighted by Gasteiger charge is 2.20. The predicted molar refractivity (Wildman–Crippen MR) is 102 cm³/mol. The van der Waals surface area contributed by atoms with Gasteiger partial charge in [0.25, 0.3) is 0 Å². The molecule has 0 spiro atoms. The summed E-state index contributed by atoms with van der Waals surface area (Å²) in [5, 5.41) is 12.2. The van der Waals surface area contributed by atoms with Crippen molar-refractivity contribution in [1.29, 1.82) is 0 Å². The SMILES string of the molecule is COc1ccccc1Nc1nnc(SCC(=O)N2CCC(C)CC2)s1. The van der Waals surface area contributed by atoms with Gasteiger partial charge in [-0.3, -0.25) is 4.79 Å². The van der Waals surface area contributed by atoms with Gasteiger partial charge in [-0.1, -0.05) is 42.2 Å². The first-order valence-electron chi connectivity index (χ1n) is 8.30. The average molecular weight is 379 g/mol. The number of para-hydroxylation sites is 2. The van der Waals surface area contributed by atoms with Crippen molar-refractivity contribution in [3.05, 3.63) is 24.3 Å². The Kier molecular flexibility index (Phi) is 6.14. The highest BCUT2D eigenvalue weighted by molar-refractivity contribution is 8.01. The maximum absolute atomic E-state index is 12.3. The van der Waals surface area contributed by atoms with Crippen LogP contribution in [0.3, 0.4) is 0 Å². The standard InChI is InChI=1S/C17H22N4O2S2/c1-12-7-9-21(10-8-12)15(22)11-24-17-20-19-16(25-17)18-13-5-3-4-6-14(13)23-2/h3-6,12H,7-11H2,1-2H3,(H,18,19). The summed E-state index contributed by atoms with van der Waals surface area (Å²) in [4.78, 5) is 14.2. The van der Waals surface area contributed by atoms with E-state index in [9.17, 15) is 4.79 Å². The Morgan fingerprint density at radius 3 is 2.88 bits per heavy atom. The summed E-state index contributed by atoms with van der Waals surface area (Å²) in [6, 6.07) is 7.66. The Morgan fingerprint density at radius 2 is 2.12 bits per heavy atom. The molecule has 3 rings (SSSR count). The number of rotatable bonds is 6. The van der Waals surface area contributed by atoms with Gasteiger partial charge in [0.2, 0.25) is 11.0 Å². The quantitative estimate of drug-likeness (QED) is 0.774. The lowest BCUT2D eigenvalue weighted by Gasteiger charge is -2.30. The van der Waals surface area contributed by atoms with Gasteiger partial charge >= 0.3 is 0 Å². The van der Waals surface area contributed by atoms with E-state index in [1.54, 1.807) is 7.11 Å². The minimum atomic E-state index is 0.186. The van der Waals surface area contributed by atoms with Gasteiger partial charge in [0, 0.05) is 13.1 Å². The normalized spacial score (nSPS) is 15.2. The van der Waals surface area contributed by atoms with Gasteiger partial charge in [0.15, 0.2) is 4.34 Å². The summed E-state index contributed by atoms with van der Waals surface area (Å²) < 4.78 is 6.10. The van der Waals surface area contributed by atoms with Gasteiger partial charge in [-0.15, -0.1) is 10.2 Å². The molecule has 1 aliphatic heterocycles. The van der Waals surface area contributed by atoms with E-state index in [-0.39, 0.29) is 5.91 Å². The number of thioether (sulfide) groups is 1. The summed E-state index contributed by atoms with van der Waals surface area (Å²) >= 11 is 2.89. The lowest BCUT2D eigenvalue weighted by atomic mass is 9.99. The summed E-state index contributed by atoms with van der Waals surface area (Å²) in [6.07, 6.45) is 2.20. The topological polar surface area (TPSA) is 67.3 Å². The maximum atomic E-state index is 12.3. The second-order valence-electron chi connectivity index (χ2n) is 6.05. The second-order valence-corrected chi connectivity index (χ2v) is 8.25.